The van der Waals surface area contributed by atoms with Gasteiger partial charge in [-0.2, -0.15) is 4.31 Å². The lowest BCUT2D eigenvalue weighted by Gasteiger charge is -2.34. The summed E-state index contributed by atoms with van der Waals surface area (Å²) in [7, 11) is -3.75. The number of carbonyl (C=O) groups excluding carboxylic acids is 1. The summed E-state index contributed by atoms with van der Waals surface area (Å²) in [5.74, 6) is -0.359. The average molecular weight is 430 g/mol. The van der Waals surface area contributed by atoms with E-state index in [1.54, 1.807) is 24.3 Å². The van der Waals surface area contributed by atoms with Crippen molar-refractivity contribution in [3.63, 3.8) is 0 Å². The molecule has 0 radical (unpaired) electrons. The molecule has 1 aliphatic heterocycles. The van der Waals surface area contributed by atoms with Crippen molar-refractivity contribution in [2.24, 2.45) is 0 Å². The Balaban J connectivity index is 1.41. The highest BCUT2D eigenvalue weighted by atomic mass is 32.2. The van der Waals surface area contributed by atoms with Crippen molar-refractivity contribution in [1.82, 2.24) is 14.5 Å². The number of nitrogens with zero attached hydrogens (tertiary/aromatic N) is 4. The van der Waals surface area contributed by atoms with Crippen LogP contribution in [-0.4, -0.2) is 55.0 Å². The van der Waals surface area contributed by atoms with Crippen molar-refractivity contribution in [2.75, 3.05) is 36.4 Å². The zero-order valence-electron chi connectivity index (χ0n) is 15.4. The van der Waals surface area contributed by atoms with Gasteiger partial charge in [0.2, 0.25) is 9.47 Å². The van der Waals surface area contributed by atoms with Gasteiger partial charge in [0, 0.05) is 37.4 Å². The molecule has 2 heterocycles. The number of amides is 1. The van der Waals surface area contributed by atoms with E-state index in [4.69, 9.17) is 0 Å². The normalized spacial score (nSPS) is 15.2. The number of rotatable bonds is 5. The van der Waals surface area contributed by atoms with Crippen molar-refractivity contribution in [2.45, 2.75) is 4.34 Å². The summed E-state index contributed by atoms with van der Waals surface area (Å²) in [6.45, 7) is 1.92. The summed E-state index contributed by atoms with van der Waals surface area (Å²) < 4.78 is 27.1. The number of aromatic nitrogens is 2. The first-order chi connectivity index (χ1) is 14.0. The van der Waals surface area contributed by atoms with Crippen molar-refractivity contribution in [1.29, 1.82) is 0 Å². The van der Waals surface area contributed by atoms with E-state index in [1.807, 2.05) is 36.4 Å². The second kappa shape index (κ2) is 8.27. The second-order valence-electron chi connectivity index (χ2n) is 6.42. The minimum Gasteiger partial charge on any atom is -0.369 e. The van der Waals surface area contributed by atoms with Crippen LogP contribution in [0, 0.1) is 0 Å². The molecule has 0 saturated carbocycles. The van der Waals surface area contributed by atoms with Gasteiger partial charge >= 0.3 is 0 Å². The first kappa shape index (κ1) is 19.5. The molecular formula is C19H19N5O3S2. The molecule has 150 valence electrons. The third-order valence-corrected chi connectivity index (χ3v) is 7.67. The summed E-state index contributed by atoms with van der Waals surface area (Å²) in [6, 6.07) is 18.5. The fourth-order valence-electron chi connectivity index (χ4n) is 3.06. The fourth-order valence-corrected chi connectivity index (χ4v) is 5.51. The lowest BCUT2D eigenvalue weighted by Crippen LogP contribution is -2.48. The van der Waals surface area contributed by atoms with Gasteiger partial charge in [0.25, 0.3) is 15.9 Å². The molecule has 0 atom stereocenters. The van der Waals surface area contributed by atoms with Crippen molar-refractivity contribution in [3.8, 4) is 0 Å². The maximum Gasteiger partial charge on any atom is 0.272 e. The van der Waals surface area contributed by atoms with Gasteiger partial charge in [-0.25, -0.2) is 8.42 Å². The molecular weight excluding hydrogens is 410 g/mol. The SMILES string of the molecule is O=C(Nc1nnc(S(=O)(=O)N2CCN(c3ccccc3)CC2)s1)c1ccccc1. The van der Waals surface area contributed by atoms with Gasteiger partial charge in [0.05, 0.1) is 0 Å². The molecule has 0 spiro atoms. The quantitative estimate of drug-likeness (QED) is 0.626. The van der Waals surface area contributed by atoms with E-state index in [0.29, 0.717) is 31.7 Å². The summed E-state index contributed by atoms with van der Waals surface area (Å²) in [5.41, 5.74) is 1.54. The van der Waals surface area contributed by atoms with Gasteiger partial charge in [0.1, 0.15) is 0 Å². The molecule has 8 nitrogen and oxygen atoms in total. The van der Waals surface area contributed by atoms with Crippen molar-refractivity contribution >= 4 is 38.1 Å². The molecule has 2 aromatic carbocycles. The number of sulfonamides is 1. The van der Waals surface area contributed by atoms with Crippen LogP contribution in [0.2, 0.25) is 0 Å². The molecule has 1 N–H and O–H groups in total. The molecule has 1 fully saturated rings. The average Bonchev–Trinajstić information content (AvgIpc) is 3.24. The lowest BCUT2D eigenvalue weighted by molar-refractivity contribution is 0.102. The lowest BCUT2D eigenvalue weighted by atomic mass is 10.2. The topological polar surface area (TPSA) is 95.5 Å². The minimum atomic E-state index is -3.75. The molecule has 1 aliphatic rings. The highest BCUT2D eigenvalue weighted by Gasteiger charge is 2.31. The number of carbonyl (C=O) groups is 1. The largest absolute Gasteiger partial charge is 0.369 e. The molecule has 1 aromatic heterocycles. The number of para-hydroxylation sites is 1. The van der Waals surface area contributed by atoms with Gasteiger partial charge < -0.3 is 4.90 Å². The Morgan fingerprint density at radius 1 is 0.897 bits per heavy atom. The van der Waals surface area contributed by atoms with Crippen LogP contribution in [0.15, 0.2) is 65.0 Å². The highest BCUT2D eigenvalue weighted by molar-refractivity contribution is 7.91. The Morgan fingerprint density at radius 3 is 2.17 bits per heavy atom. The Bertz CT molecular complexity index is 1080. The van der Waals surface area contributed by atoms with E-state index in [-0.39, 0.29) is 15.4 Å². The van der Waals surface area contributed by atoms with Crippen LogP contribution in [0.1, 0.15) is 10.4 Å². The van der Waals surface area contributed by atoms with E-state index in [2.05, 4.69) is 20.4 Å². The predicted octanol–water partition coefficient (Wildman–Crippen LogP) is 2.30. The number of benzene rings is 2. The molecule has 0 unspecified atom stereocenters. The third kappa shape index (κ3) is 4.29. The molecule has 29 heavy (non-hydrogen) atoms. The van der Waals surface area contributed by atoms with E-state index in [9.17, 15) is 13.2 Å². The van der Waals surface area contributed by atoms with Crippen LogP contribution in [0.25, 0.3) is 0 Å². The van der Waals surface area contributed by atoms with Gasteiger partial charge in [-0.3, -0.25) is 10.1 Å². The second-order valence-corrected chi connectivity index (χ2v) is 9.51. The first-order valence-electron chi connectivity index (χ1n) is 9.04. The minimum absolute atomic E-state index is 0.117. The number of anilines is 2. The Kier molecular flexibility index (Phi) is 5.56. The molecule has 0 bridgehead atoms. The smallest absolute Gasteiger partial charge is 0.272 e. The monoisotopic (exact) mass is 429 g/mol. The van der Waals surface area contributed by atoms with Crippen molar-refractivity contribution in [3.05, 3.63) is 66.2 Å². The van der Waals surface area contributed by atoms with Gasteiger partial charge in [0.15, 0.2) is 0 Å². The number of piperazine rings is 1. The molecule has 1 saturated heterocycles. The van der Waals surface area contributed by atoms with Crippen LogP contribution in [0.4, 0.5) is 10.8 Å². The van der Waals surface area contributed by atoms with Crippen LogP contribution in [0.3, 0.4) is 0 Å². The molecule has 0 aliphatic carbocycles. The van der Waals surface area contributed by atoms with Crippen LogP contribution in [0.5, 0.6) is 0 Å². The van der Waals surface area contributed by atoms with E-state index >= 15 is 0 Å². The molecule has 1 amide bonds. The number of hydrogen-bond donors (Lipinski definition) is 1. The molecule has 4 rings (SSSR count). The van der Waals surface area contributed by atoms with Crippen LogP contribution in [-0.2, 0) is 10.0 Å². The van der Waals surface area contributed by atoms with Gasteiger partial charge in [-0.1, -0.05) is 47.7 Å². The summed E-state index contributed by atoms with van der Waals surface area (Å²) in [4.78, 5) is 14.4. The van der Waals surface area contributed by atoms with E-state index in [0.717, 1.165) is 17.0 Å². The number of hydrogen-bond acceptors (Lipinski definition) is 7. The zero-order chi connectivity index (χ0) is 20.3. The van der Waals surface area contributed by atoms with Gasteiger partial charge in [-0.05, 0) is 24.3 Å². The van der Waals surface area contributed by atoms with Crippen LogP contribution < -0.4 is 10.2 Å². The highest BCUT2D eigenvalue weighted by Crippen LogP contribution is 2.25. The van der Waals surface area contributed by atoms with E-state index < -0.39 is 10.0 Å². The summed E-state index contributed by atoms with van der Waals surface area (Å²) in [6.07, 6.45) is 0. The first-order valence-corrected chi connectivity index (χ1v) is 11.3. The van der Waals surface area contributed by atoms with E-state index in [1.165, 1.54) is 4.31 Å². The predicted molar refractivity (Wildman–Crippen MR) is 112 cm³/mol. The fraction of sp³-hybridized carbons (Fsp3) is 0.211. The Labute approximate surface area is 172 Å². The Morgan fingerprint density at radius 2 is 1.52 bits per heavy atom. The standard InChI is InChI=1S/C19H19N5O3S2/c25-17(15-7-3-1-4-8-15)20-18-21-22-19(28-18)29(26,27)24-13-11-23(12-14-24)16-9-5-2-6-10-16/h1-10H,11-14H2,(H,20,21,25). The molecule has 3 aromatic rings. The maximum absolute atomic E-state index is 12.9. The van der Waals surface area contributed by atoms with Crippen LogP contribution >= 0.6 is 11.3 Å². The number of nitrogens with one attached hydrogen (secondary N) is 1. The summed E-state index contributed by atoms with van der Waals surface area (Å²) in [5, 5.41) is 10.4. The summed E-state index contributed by atoms with van der Waals surface area (Å²) >= 11 is 0.856. The van der Waals surface area contributed by atoms with Crippen molar-refractivity contribution < 1.29 is 13.2 Å². The Hall–Kier alpha value is -2.82. The molecule has 10 heteroatoms. The zero-order valence-corrected chi connectivity index (χ0v) is 17.1. The maximum atomic E-state index is 12.9. The van der Waals surface area contributed by atoms with Gasteiger partial charge in [-0.15, -0.1) is 10.2 Å². The third-order valence-electron chi connectivity index (χ3n) is 4.58.